The highest BCUT2D eigenvalue weighted by Crippen LogP contribution is 2.53. The molecule has 2 fully saturated rings. The second-order valence-electron chi connectivity index (χ2n) is 8.92. The third kappa shape index (κ3) is 3.42. The van der Waals surface area contributed by atoms with Crippen molar-refractivity contribution < 1.29 is 9.18 Å². The van der Waals surface area contributed by atoms with Crippen LogP contribution in [0.15, 0.2) is 36.4 Å². The highest BCUT2D eigenvalue weighted by molar-refractivity contribution is 6.30. The minimum Gasteiger partial charge on any atom is -0.378 e. The summed E-state index contributed by atoms with van der Waals surface area (Å²) in [6.07, 6.45) is 8.67. The van der Waals surface area contributed by atoms with E-state index in [0.29, 0.717) is 16.6 Å². The maximum absolute atomic E-state index is 14.6. The maximum atomic E-state index is 14.6. The number of hydrogen-bond donors (Lipinski definition) is 2. The lowest BCUT2D eigenvalue weighted by Crippen LogP contribution is -2.40. The Morgan fingerprint density at radius 3 is 2.62 bits per heavy atom. The summed E-state index contributed by atoms with van der Waals surface area (Å²) in [7, 11) is 0. The molecule has 3 aliphatic rings. The molecule has 0 bridgehead atoms. The largest absolute Gasteiger partial charge is 0.378 e. The van der Waals surface area contributed by atoms with Crippen LogP contribution in [0.2, 0.25) is 5.02 Å². The highest BCUT2D eigenvalue weighted by Gasteiger charge is 2.43. The predicted molar refractivity (Wildman–Crippen MR) is 114 cm³/mol. The van der Waals surface area contributed by atoms with Gasteiger partial charge in [-0.2, -0.15) is 0 Å². The van der Waals surface area contributed by atoms with Crippen molar-refractivity contribution in [2.24, 2.45) is 0 Å². The van der Waals surface area contributed by atoms with Gasteiger partial charge in [0.2, 0.25) is 0 Å². The van der Waals surface area contributed by atoms with Gasteiger partial charge in [0.15, 0.2) is 0 Å². The lowest BCUT2D eigenvalue weighted by molar-refractivity contribution is 0.0916. The Morgan fingerprint density at radius 2 is 1.90 bits per heavy atom. The van der Waals surface area contributed by atoms with Gasteiger partial charge >= 0.3 is 0 Å². The molecule has 0 saturated heterocycles. The first-order valence-corrected chi connectivity index (χ1v) is 11.1. The van der Waals surface area contributed by atoms with Crippen molar-refractivity contribution in [1.82, 2.24) is 5.32 Å². The fourth-order valence-corrected chi connectivity index (χ4v) is 5.49. The van der Waals surface area contributed by atoms with Crippen LogP contribution in [0.4, 0.5) is 10.1 Å². The van der Waals surface area contributed by atoms with E-state index < -0.39 is 0 Å². The number of fused-ring (bicyclic) bond motifs is 2. The number of carbonyl (C=O) groups is 1. The van der Waals surface area contributed by atoms with Crippen LogP contribution < -0.4 is 10.6 Å². The minimum absolute atomic E-state index is 0.00718. The molecule has 0 aromatic heterocycles. The van der Waals surface area contributed by atoms with E-state index in [2.05, 4.69) is 16.7 Å². The monoisotopic (exact) mass is 412 g/mol. The Kier molecular flexibility index (Phi) is 4.78. The summed E-state index contributed by atoms with van der Waals surface area (Å²) in [5.41, 5.74) is 3.59. The molecule has 0 radical (unpaired) electrons. The van der Waals surface area contributed by atoms with Crippen molar-refractivity contribution in [2.45, 2.75) is 68.9 Å². The van der Waals surface area contributed by atoms with Crippen molar-refractivity contribution in [2.75, 3.05) is 5.32 Å². The molecule has 29 heavy (non-hydrogen) atoms. The molecule has 2 aromatic carbocycles. The van der Waals surface area contributed by atoms with Gasteiger partial charge in [0.25, 0.3) is 5.91 Å². The van der Waals surface area contributed by atoms with Gasteiger partial charge in [0.1, 0.15) is 5.82 Å². The first kappa shape index (κ1) is 18.9. The Morgan fingerprint density at radius 1 is 1.10 bits per heavy atom. The molecule has 2 aliphatic carbocycles. The molecule has 1 atom stereocenters. The van der Waals surface area contributed by atoms with E-state index in [1.807, 2.05) is 12.1 Å². The maximum Gasteiger partial charge on any atom is 0.251 e. The van der Waals surface area contributed by atoms with Crippen LogP contribution >= 0.6 is 11.6 Å². The molecule has 5 rings (SSSR count). The average molecular weight is 413 g/mol. The Labute approximate surface area is 176 Å². The topological polar surface area (TPSA) is 41.1 Å². The van der Waals surface area contributed by atoms with Crippen LogP contribution in [-0.4, -0.2) is 11.9 Å². The third-order valence-electron chi connectivity index (χ3n) is 7.11. The quantitative estimate of drug-likeness (QED) is 0.636. The highest BCUT2D eigenvalue weighted by atomic mass is 35.5. The van der Waals surface area contributed by atoms with Gasteiger partial charge in [-0.3, -0.25) is 4.79 Å². The van der Waals surface area contributed by atoms with Gasteiger partial charge in [0.05, 0.1) is 6.04 Å². The van der Waals surface area contributed by atoms with Crippen LogP contribution in [0.5, 0.6) is 0 Å². The molecule has 2 N–H and O–H groups in total. The Balaban J connectivity index is 1.50. The van der Waals surface area contributed by atoms with E-state index in [0.717, 1.165) is 43.4 Å². The fraction of sp³-hybridized carbons (Fsp3) is 0.458. The Bertz CT molecular complexity index is 950. The van der Waals surface area contributed by atoms with Crippen LogP contribution in [0.1, 0.15) is 78.9 Å². The van der Waals surface area contributed by atoms with E-state index in [4.69, 9.17) is 11.6 Å². The van der Waals surface area contributed by atoms with Gasteiger partial charge < -0.3 is 10.6 Å². The molecule has 5 heteroatoms. The van der Waals surface area contributed by atoms with Crippen molar-refractivity contribution >= 4 is 23.2 Å². The summed E-state index contributed by atoms with van der Waals surface area (Å²) in [6.45, 7) is 0. The van der Waals surface area contributed by atoms with Crippen LogP contribution in [0.25, 0.3) is 0 Å². The van der Waals surface area contributed by atoms with Gasteiger partial charge in [-0.05, 0) is 85.9 Å². The lowest BCUT2D eigenvalue weighted by atomic mass is 9.69. The fourth-order valence-electron chi connectivity index (χ4n) is 5.31. The summed E-state index contributed by atoms with van der Waals surface area (Å²) < 4.78 is 14.6. The second-order valence-corrected chi connectivity index (χ2v) is 9.35. The molecule has 1 unspecified atom stereocenters. The summed E-state index contributed by atoms with van der Waals surface area (Å²) in [6, 6.07) is 11.0. The van der Waals surface area contributed by atoms with E-state index in [1.165, 1.54) is 30.9 Å². The summed E-state index contributed by atoms with van der Waals surface area (Å²) in [5.74, 6) is -0.200. The molecular formula is C24H26ClFN2O. The van der Waals surface area contributed by atoms with E-state index >= 15 is 0 Å². The van der Waals surface area contributed by atoms with E-state index in [1.54, 1.807) is 12.1 Å². The molecule has 3 nitrogen and oxygen atoms in total. The van der Waals surface area contributed by atoms with Gasteiger partial charge in [-0.15, -0.1) is 0 Å². The zero-order chi connectivity index (χ0) is 20.0. The number of amides is 1. The molecule has 1 heterocycles. The van der Waals surface area contributed by atoms with Gasteiger partial charge in [-0.25, -0.2) is 4.39 Å². The molecule has 2 aromatic rings. The van der Waals surface area contributed by atoms with Crippen molar-refractivity contribution in [3.63, 3.8) is 0 Å². The van der Waals surface area contributed by atoms with Crippen LogP contribution in [0, 0.1) is 5.82 Å². The number of rotatable bonds is 3. The SMILES string of the molecule is O=C(NC1CCC1)c1ccc2c(c1)C1(CCCC1)CC(c1cc(Cl)ccc1F)N2. The van der Waals surface area contributed by atoms with Crippen molar-refractivity contribution in [3.8, 4) is 0 Å². The zero-order valence-corrected chi connectivity index (χ0v) is 17.2. The van der Waals surface area contributed by atoms with E-state index in [-0.39, 0.29) is 23.2 Å². The normalized spacial score (nSPS) is 22.6. The molecule has 1 spiro atoms. The molecule has 1 aliphatic heterocycles. The van der Waals surface area contributed by atoms with Crippen LogP contribution in [0.3, 0.4) is 0 Å². The number of nitrogens with one attached hydrogen (secondary N) is 2. The third-order valence-corrected chi connectivity index (χ3v) is 7.35. The van der Waals surface area contributed by atoms with Crippen LogP contribution in [-0.2, 0) is 5.41 Å². The van der Waals surface area contributed by atoms with Crippen molar-refractivity contribution in [3.05, 3.63) is 63.9 Å². The number of anilines is 1. The predicted octanol–water partition coefficient (Wildman–Crippen LogP) is 6.13. The minimum atomic E-state index is -0.222. The number of benzene rings is 2. The second kappa shape index (κ2) is 7.32. The standard InChI is InChI=1S/C24H26ClFN2O/c25-16-7-8-20(26)18(13-16)22-14-24(10-1-2-11-24)19-12-15(6-9-21(19)28-22)23(29)27-17-4-3-5-17/h6-9,12-13,17,22,28H,1-5,10-11,14H2,(H,27,29). The number of halogens is 2. The van der Waals surface area contributed by atoms with Crippen molar-refractivity contribution in [1.29, 1.82) is 0 Å². The van der Waals surface area contributed by atoms with Gasteiger partial charge in [-0.1, -0.05) is 24.4 Å². The summed E-state index contributed by atoms with van der Waals surface area (Å²) in [5, 5.41) is 7.23. The average Bonchev–Trinajstić information content (AvgIpc) is 3.15. The molecule has 2 saturated carbocycles. The first-order valence-electron chi connectivity index (χ1n) is 10.7. The molecule has 152 valence electrons. The van der Waals surface area contributed by atoms with E-state index in [9.17, 15) is 9.18 Å². The number of hydrogen-bond acceptors (Lipinski definition) is 2. The lowest BCUT2D eigenvalue weighted by Gasteiger charge is -2.41. The smallest absolute Gasteiger partial charge is 0.251 e. The molecular weight excluding hydrogens is 387 g/mol. The summed E-state index contributed by atoms with van der Waals surface area (Å²) >= 11 is 6.16. The summed E-state index contributed by atoms with van der Waals surface area (Å²) in [4.78, 5) is 12.7. The zero-order valence-electron chi connectivity index (χ0n) is 16.4. The van der Waals surface area contributed by atoms with Gasteiger partial charge in [0, 0.05) is 27.9 Å². The number of carbonyl (C=O) groups excluding carboxylic acids is 1. The molecule has 1 amide bonds. The first-order chi connectivity index (χ1) is 14.0. The Hall–Kier alpha value is -2.07.